The number of rotatable bonds is 3. The van der Waals surface area contributed by atoms with Crippen molar-refractivity contribution in [2.75, 3.05) is 6.54 Å². The van der Waals surface area contributed by atoms with Crippen LogP contribution in [0.2, 0.25) is 0 Å². The summed E-state index contributed by atoms with van der Waals surface area (Å²) >= 11 is 0. The van der Waals surface area contributed by atoms with Gasteiger partial charge in [0.15, 0.2) is 0 Å². The molecule has 0 amide bonds. The summed E-state index contributed by atoms with van der Waals surface area (Å²) < 4.78 is 12.1. The standard InChI is InChI=1S/C10H12FNO.BrH/c11-6-9(7-12)5-8-1-3-10(13)4-2-8;/h1-4,6,13H,5,7,12H2;1H. The van der Waals surface area contributed by atoms with Gasteiger partial charge in [-0.1, -0.05) is 12.1 Å². The third kappa shape index (κ3) is 3.89. The molecule has 0 aliphatic rings. The number of nitrogens with two attached hydrogens (primary N) is 1. The minimum atomic E-state index is 0. The quantitative estimate of drug-likeness (QED) is 0.878. The molecule has 0 heterocycles. The Kier molecular flexibility index (Phi) is 6.16. The highest BCUT2D eigenvalue weighted by Crippen LogP contribution is 2.12. The van der Waals surface area contributed by atoms with Crippen molar-refractivity contribution in [1.29, 1.82) is 0 Å². The van der Waals surface area contributed by atoms with Crippen LogP contribution in [0.1, 0.15) is 5.56 Å². The van der Waals surface area contributed by atoms with E-state index in [1.807, 2.05) is 0 Å². The Morgan fingerprint density at radius 3 is 2.36 bits per heavy atom. The van der Waals surface area contributed by atoms with Crippen LogP contribution < -0.4 is 5.73 Å². The second-order valence-electron chi connectivity index (χ2n) is 2.81. The van der Waals surface area contributed by atoms with Gasteiger partial charge in [0.05, 0.1) is 6.33 Å². The van der Waals surface area contributed by atoms with Gasteiger partial charge in [-0.2, -0.15) is 0 Å². The second kappa shape index (κ2) is 6.56. The van der Waals surface area contributed by atoms with Crippen molar-refractivity contribution in [2.45, 2.75) is 6.42 Å². The summed E-state index contributed by atoms with van der Waals surface area (Å²) in [5.41, 5.74) is 6.79. The van der Waals surface area contributed by atoms with Gasteiger partial charge < -0.3 is 10.8 Å². The van der Waals surface area contributed by atoms with Crippen LogP contribution in [0.15, 0.2) is 36.2 Å². The smallest absolute Gasteiger partial charge is 0.115 e. The van der Waals surface area contributed by atoms with E-state index in [-0.39, 0.29) is 29.3 Å². The van der Waals surface area contributed by atoms with Crippen LogP contribution in [0.5, 0.6) is 5.75 Å². The zero-order valence-electron chi connectivity index (χ0n) is 7.61. The number of aromatic hydroxyl groups is 1. The number of hydrogen-bond acceptors (Lipinski definition) is 2. The van der Waals surface area contributed by atoms with E-state index in [2.05, 4.69) is 0 Å². The number of benzene rings is 1. The van der Waals surface area contributed by atoms with Crippen LogP contribution >= 0.6 is 17.0 Å². The lowest BCUT2D eigenvalue weighted by Crippen LogP contribution is -2.05. The van der Waals surface area contributed by atoms with Crippen molar-refractivity contribution in [3.05, 3.63) is 41.7 Å². The van der Waals surface area contributed by atoms with Crippen LogP contribution in [0, 0.1) is 0 Å². The Balaban J connectivity index is 0.00000169. The molecule has 0 saturated heterocycles. The molecule has 2 nitrogen and oxygen atoms in total. The van der Waals surface area contributed by atoms with Crippen LogP contribution in [0.3, 0.4) is 0 Å². The Morgan fingerprint density at radius 2 is 1.93 bits per heavy atom. The first-order valence-corrected chi connectivity index (χ1v) is 4.02. The Morgan fingerprint density at radius 1 is 1.36 bits per heavy atom. The zero-order valence-corrected chi connectivity index (χ0v) is 9.32. The van der Waals surface area contributed by atoms with Crippen LogP contribution in [-0.4, -0.2) is 11.7 Å². The maximum Gasteiger partial charge on any atom is 0.115 e. The molecular formula is C10H13BrFNO. The zero-order chi connectivity index (χ0) is 9.68. The molecule has 0 atom stereocenters. The molecule has 0 saturated carbocycles. The third-order valence-corrected chi connectivity index (χ3v) is 1.78. The number of halogens is 2. The lowest BCUT2D eigenvalue weighted by molar-refractivity contribution is 0.475. The highest BCUT2D eigenvalue weighted by atomic mass is 79.9. The van der Waals surface area contributed by atoms with Crippen molar-refractivity contribution in [1.82, 2.24) is 0 Å². The Hall–Kier alpha value is -0.870. The molecule has 0 fully saturated rings. The molecule has 3 N–H and O–H groups in total. The van der Waals surface area contributed by atoms with Crippen LogP contribution in [-0.2, 0) is 6.42 Å². The van der Waals surface area contributed by atoms with E-state index >= 15 is 0 Å². The predicted octanol–water partition coefficient (Wildman–Crippen LogP) is 2.32. The third-order valence-electron chi connectivity index (χ3n) is 1.78. The molecule has 0 radical (unpaired) electrons. The summed E-state index contributed by atoms with van der Waals surface area (Å²) in [7, 11) is 0. The van der Waals surface area contributed by atoms with Crippen molar-refractivity contribution >= 4 is 17.0 Å². The largest absolute Gasteiger partial charge is 0.508 e. The van der Waals surface area contributed by atoms with Gasteiger partial charge in [-0.05, 0) is 29.7 Å². The minimum Gasteiger partial charge on any atom is -0.508 e. The number of phenolic OH excluding ortho intramolecular Hbond substituents is 1. The van der Waals surface area contributed by atoms with E-state index < -0.39 is 0 Å². The van der Waals surface area contributed by atoms with Crippen LogP contribution in [0.4, 0.5) is 4.39 Å². The molecule has 0 unspecified atom stereocenters. The van der Waals surface area contributed by atoms with Gasteiger partial charge in [0.1, 0.15) is 5.75 Å². The summed E-state index contributed by atoms with van der Waals surface area (Å²) in [5.74, 6) is 0.210. The maximum absolute atomic E-state index is 12.1. The minimum absolute atomic E-state index is 0. The lowest BCUT2D eigenvalue weighted by atomic mass is 10.1. The van der Waals surface area contributed by atoms with E-state index in [4.69, 9.17) is 10.8 Å². The molecule has 0 aliphatic carbocycles. The Bertz CT molecular complexity index is 297. The van der Waals surface area contributed by atoms with Crippen molar-refractivity contribution in [3.63, 3.8) is 0 Å². The molecule has 4 heteroatoms. The summed E-state index contributed by atoms with van der Waals surface area (Å²) in [6.07, 6.45) is 1.03. The first kappa shape index (κ1) is 13.1. The highest BCUT2D eigenvalue weighted by Gasteiger charge is 1.97. The first-order chi connectivity index (χ1) is 6.26. The fourth-order valence-electron chi connectivity index (χ4n) is 1.03. The molecule has 0 spiro atoms. The van der Waals surface area contributed by atoms with Crippen molar-refractivity contribution < 1.29 is 9.50 Å². The monoisotopic (exact) mass is 261 g/mol. The number of hydrogen-bond donors (Lipinski definition) is 2. The molecule has 1 aromatic carbocycles. The van der Waals surface area contributed by atoms with E-state index in [9.17, 15) is 4.39 Å². The average molecular weight is 262 g/mol. The van der Waals surface area contributed by atoms with Gasteiger partial charge in [-0.15, -0.1) is 17.0 Å². The van der Waals surface area contributed by atoms with Crippen LogP contribution in [0.25, 0.3) is 0 Å². The predicted molar refractivity (Wildman–Crippen MR) is 60.4 cm³/mol. The average Bonchev–Trinajstić information content (AvgIpc) is 2.17. The summed E-state index contributed by atoms with van der Waals surface area (Å²) in [5, 5.41) is 8.99. The maximum atomic E-state index is 12.1. The summed E-state index contributed by atoms with van der Waals surface area (Å²) in [6, 6.07) is 6.63. The van der Waals surface area contributed by atoms with Gasteiger partial charge in [-0.25, -0.2) is 4.39 Å². The lowest BCUT2D eigenvalue weighted by Gasteiger charge is -2.02. The van der Waals surface area contributed by atoms with E-state index in [0.717, 1.165) is 5.56 Å². The molecule has 1 aromatic rings. The van der Waals surface area contributed by atoms with Gasteiger partial charge in [0.2, 0.25) is 0 Å². The molecule has 14 heavy (non-hydrogen) atoms. The van der Waals surface area contributed by atoms with E-state index in [1.54, 1.807) is 24.3 Å². The molecule has 1 rings (SSSR count). The SMILES string of the molecule is Br.NCC(=CF)Cc1ccc(O)cc1. The van der Waals surface area contributed by atoms with Gasteiger partial charge in [0.25, 0.3) is 0 Å². The molecular weight excluding hydrogens is 249 g/mol. The van der Waals surface area contributed by atoms with Gasteiger partial charge in [-0.3, -0.25) is 0 Å². The molecule has 78 valence electrons. The van der Waals surface area contributed by atoms with Gasteiger partial charge in [0, 0.05) is 6.54 Å². The highest BCUT2D eigenvalue weighted by molar-refractivity contribution is 8.93. The van der Waals surface area contributed by atoms with E-state index in [1.165, 1.54) is 0 Å². The normalized spacial score (nSPS) is 10.9. The molecule has 0 bridgehead atoms. The fraction of sp³-hybridized carbons (Fsp3) is 0.200. The fourth-order valence-corrected chi connectivity index (χ4v) is 1.03. The van der Waals surface area contributed by atoms with Gasteiger partial charge >= 0.3 is 0 Å². The summed E-state index contributed by atoms with van der Waals surface area (Å²) in [6.45, 7) is 0.220. The second-order valence-corrected chi connectivity index (χ2v) is 2.81. The molecule has 0 aromatic heterocycles. The van der Waals surface area contributed by atoms with E-state index in [0.29, 0.717) is 18.3 Å². The summed E-state index contributed by atoms with van der Waals surface area (Å²) in [4.78, 5) is 0. The topological polar surface area (TPSA) is 46.2 Å². The van der Waals surface area contributed by atoms with Crippen molar-refractivity contribution in [3.8, 4) is 5.75 Å². The Labute approximate surface area is 93.0 Å². The van der Waals surface area contributed by atoms with Crippen molar-refractivity contribution in [2.24, 2.45) is 5.73 Å². The molecule has 0 aliphatic heterocycles. The first-order valence-electron chi connectivity index (χ1n) is 4.02. The number of phenols is 1.